The Hall–Kier alpha value is -2.76. The molecule has 0 aliphatic rings. The maximum Gasteiger partial charge on any atom is 0.404 e. The lowest BCUT2D eigenvalue weighted by Crippen LogP contribution is -2.20. The van der Waals surface area contributed by atoms with Crippen LogP contribution < -0.4 is 5.73 Å². The van der Waals surface area contributed by atoms with Crippen LogP contribution in [-0.2, 0) is 14.6 Å². The van der Waals surface area contributed by atoms with Gasteiger partial charge in [-0.2, -0.15) is 0 Å². The zero-order chi connectivity index (χ0) is 16.2. The fourth-order valence-corrected chi connectivity index (χ4v) is 2.64. The van der Waals surface area contributed by atoms with Crippen LogP contribution >= 0.6 is 0 Å². The van der Waals surface area contributed by atoms with E-state index in [1.54, 1.807) is 0 Å². The maximum atomic E-state index is 11.9. The molecule has 0 bridgehead atoms. The Morgan fingerprint density at radius 2 is 1.86 bits per heavy atom. The van der Waals surface area contributed by atoms with Gasteiger partial charge in [0.1, 0.15) is 11.5 Å². The van der Waals surface area contributed by atoms with E-state index in [0.717, 1.165) is 12.1 Å². The summed E-state index contributed by atoms with van der Waals surface area (Å²) in [5.41, 5.74) is 3.11. The normalized spacial score (nSPS) is 10.9. The summed E-state index contributed by atoms with van der Waals surface area (Å²) in [6.07, 6.45) is -1.19. The van der Waals surface area contributed by atoms with Gasteiger partial charge in [-0.3, -0.25) is 20.2 Å². The molecule has 1 rings (SSSR count). The van der Waals surface area contributed by atoms with Gasteiger partial charge < -0.3 is 10.5 Å². The van der Waals surface area contributed by atoms with E-state index in [1.807, 2.05) is 0 Å². The number of rotatable bonds is 6. The summed E-state index contributed by atoms with van der Waals surface area (Å²) < 4.78 is 28.1. The number of nitrogens with zero attached hydrogens (tertiary/aromatic N) is 2. The first-order valence-electron chi connectivity index (χ1n) is 5.23. The Bertz CT molecular complexity index is 699. The van der Waals surface area contributed by atoms with E-state index in [2.05, 4.69) is 10.5 Å². The number of hydrogen-bond donors (Lipinski definition) is 1. The summed E-state index contributed by atoms with van der Waals surface area (Å²) in [5, 5.41) is 21.4. The van der Waals surface area contributed by atoms with Gasteiger partial charge >= 0.3 is 6.09 Å². The minimum Gasteiger partial charge on any atom is -0.449 e. The first-order valence-corrected chi connectivity index (χ1v) is 6.88. The largest absolute Gasteiger partial charge is 0.449 e. The Balaban J connectivity index is 3.19. The molecule has 21 heavy (non-hydrogen) atoms. The van der Waals surface area contributed by atoms with Gasteiger partial charge in [-0.15, -0.1) is 0 Å². The zero-order valence-corrected chi connectivity index (χ0v) is 11.1. The molecule has 0 saturated carbocycles. The van der Waals surface area contributed by atoms with Crippen molar-refractivity contribution in [3.63, 3.8) is 0 Å². The minimum absolute atomic E-state index is 0.543. The predicted octanol–water partition coefficient (Wildman–Crippen LogP) is 0.372. The summed E-state index contributed by atoms with van der Waals surface area (Å²) in [4.78, 5) is 29.1. The van der Waals surface area contributed by atoms with E-state index in [0.29, 0.717) is 6.07 Å². The molecule has 11 nitrogen and oxygen atoms in total. The van der Waals surface area contributed by atoms with E-state index < -0.39 is 54.4 Å². The van der Waals surface area contributed by atoms with E-state index in [1.165, 1.54) is 0 Å². The molecule has 114 valence electrons. The van der Waals surface area contributed by atoms with Crippen LogP contribution in [0.3, 0.4) is 0 Å². The molecule has 0 saturated heterocycles. The van der Waals surface area contributed by atoms with Gasteiger partial charge in [0.15, 0.2) is 9.84 Å². The molecule has 0 spiro atoms. The van der Waals surface area contributed by atoms with Crippen LogP contribution in [0.25, 0.3) is 0 Å². The second-order valence-corrected chi connectivity index (χ2v) is 5.73. The maximum absolute atomic E-state index is 11.9. The Morgan fingerprint density at radius 3 is 2.33 bits per heavy atom. The number of nitrogens with two attached hydrogens (primary N) is 1. The average Bonchev–Trinajstić information content (AvgIpc) is 2.37. The van der Waals surface area contributed by atoms with Crippen molar-refractivity contribution in [1.29, 1.82) is 0 Å². The molecule has 0 aromatic heterocycles. The molecular formula is C9H9N3O8S. The molecule has 0 aliphatic heterocycles. The topological polar surface area (TPSA) is 173 Å². The summed E-state index contributed by atoms with van der Waals surface area (Å²) in [6.45, 7) is -0.591. The van der Waals surface area contributed by atoms with Gasteiger partial charge in [0.25, 0.3) is 11.4 Å². The quantitative estimate of drug-likeness (QED) is 0.578. The number of sulfone groups is 1. The lowest BCUT2D eigenvalue weighted by atomic mass is 10.3. The molecule has 1 aromatic carbocycles. The summed E-state index contributed by atoms with van der Waals surface area (Å²) >= 11 is 0. The van der Waals surface area contributed by atoms with Crippen LogP contribution in [-0.4, -0.2) is 36.7 Å². The molecule has 0 aliphatic carbocycles. The Labute approximate surface area is 117 Å². The highest BCUT2D eigenvalue weighted by Gasteiger charge is 2.28. The fraction of sp³-hybridized carbons (Fsp3) is 0.222. The van der Waals surface area contributed by atoms with Crippen LogP contribution in [0.5, 0.6) is 0 Å². The molecule has 0 radical (unpaired) electrons. The lowest BCUT2D eigenvalue weighted by molar-refractivity contribution is -0.396. The second kappa shape index (κ2) is 6.13. The van der Waals surface area contributed by atoms with E-state index >= 15 is 0 Å². The van der Waals surface area contributed by atoms with Crippen molar-refractivity contribution < 1.29 is 27.8 Å². The van der Waals surface area contributed by atoms with Gasteiger partial charge in [-0.25, -0.2) is 13.2 Å². The molecular weight excluding hydrogens is 310 g/mol. The fourth-order valence-electron chi connectivity index (χ4n) is 1.39. The number of hydrogen-bond acceptors (Lipinski definition) is 8. The standard InChI is InChI=1S/C9H9N3O8S/c10-9(13)20-3-4-21(18,19)8-2-1-6(11(14)15)5-7(8)12(16)17/h1-2,5H,3-4H2,(H2,10,13). The van der Waals surface area contributed by atoms with E-state index in [4.69, 9.17) is 0 Å². The molecule has 0 atom stereocenters. The third-order valence-corrected chi connectivity index (χ3v) is 4.00. The van der Waals surface area contributed by atoms with Crippen molar-refractivity contribution in [2.24, 2.45) is 5.73 Å². The van der Waals surface area contributed by atoms with Crippen LogP contribution in [0.2, 0.25) is 0 Å². The Kier molecular flexibility index (Phi) is 4.75. The van der Waals surface area contributed by atoms with Crippen molar-refractivity contribution in [2.75, 3.05) is 12.4 Å². The Morgan fingerprint density at radius 1 is 1.24 bits per heavy atom. The van der Waals surface area contributed by atoms with Gasteiger partial charge in [0.2, 0.25) is 0 Å². The van der Waals surface area contributed by atoms with Crippen LogP contribution in [0.15, 0.2) is 23.1 Å². The molecule has 1 amide bonds. The van der Waals surface area contributed by atoms with E-state index in [9.17, 15) is 33.4 Å². The molecule has 12 heteroatoms. The summed E-state index contributed by atoms with van der Waals surface area (Å²) in [5.74, 6) is -0.741. The number of nitro groups is 2. The minimum atomic E-state index is -4.17. The lowest BCUT2D eigenvalue weighted by Gasteiger charge is -2.05. The highest BCUT2D eigenvalue weighted by molar-refractivity contribution is 7.91. The average molecular weight is 319 g/mol. The molecule has 0 unspecified atom stereocenters. The molecule has 1 aromatic rings. The van der Waals surface area contributed by atoms with Crippen molar-refractivity contribution >= 4 is 27.3 Å². The van der Waals surface area contributed by atoms with Crippen molar-refractivity contribution in [3.8, 4) is 0 Å². The van der Waals surface area contributed by atoms with Gasteiger partial charge in [-0.05, 0) is 6.07 Å². The first-order chi connectivity index (χ1) is 9.65. The number of carbonyl (C=O) groups excluding carboxylic acids is 1. The highest BCUT2D eigenvalue weighted by atomic mass is 32.2. The molecule has 2 N–H and O–H groups in total. The molecule has 0 heterocycles. The number of carbonyl (C=O) groups is 1. The second-order valence-electron chi connectivity index (χ2n) is 3.65. The number of primary amides is 1. The van der Waals surface area contributed by atoms with Gasteiger partial charge in [0.05, 0.1) is 21.7 Å². The van der Waals surface area contributed by atoms with Crippen molar-refractivity contribution in [2.45, 2.75) is 4.90 Å². The van der Waals surface area contributed by atoms with E-state index in [-0.39, 0.29) is 0 Å². The third-order valence-electron chi connectivity index (χ3n) is 2.28. The number of benzene rings is 1. The van der Waals surface area contributed by atoms with Crippen molar-refractivity contribution in [1.82, 2.24) is 0 Å². The van der Waals surface area contributed by atoms with Crippen LogP contribution in [0.1, 0.15) is 0 Å². The van der Waals surface area contributed by atoms with Crippen molar-refractivity contribution in [3.05, 3.63) is 38.4 Å². The number of ether oxygens (including phenoxy) is 1. The predicted molar refractivity (Wildman–Crippen MR) is 67.3 cm³/mol. The van der Waals surface area contributed by atoms with Gasteiger partial charge in [0, 0.05) is 6.07 Å². The summed E-state index contributed by atoms with van der Waals surface area (Å²) in [7, 11) is -4.17. The SMILES string of the molecule is NC(=O)OCCS(=O)(=O)c1ccc([N+](=O)[O-])cc1[N+](=O)[O-]. The first kappa shape index (κ1) is 16.3. The van der Waals surface area contributed by atoms with Gasteiger partial charge in [-0.1, -0.05) is 0 Å². The smallest absolute Gasteiger partial charge is 0.404 e. The third kappa shape index (κ3) is 4.10. The summed E-state index contributed by atoms with van der Waals surface area (Å²) in [6, 6.07) is 2.13. The number of nitro benzene ring substituents is 2. The zero-order valence-electron chi connectivity index (χ0n) is 10.3. The van der Waals surface area contributed by atoms with Crippen LogP contribution in [0.4, 0.5) is 16.2 Å². The van der Waals surface area contributed by atoms with Crippen LogP contribution in [0, 0.1) is 20.2 Å². The monoisotopic (exact) mass is 319 g/mol. The molecule has 0 fully saturated rings. The number of amides is 1. The number of non-ortho nitro benzene ring substituents is 1. The highest BCUT2D eigenvalue weighted by Crippen LogP contribution is 2.28.